The van der Waals surface area contributed by atoms with Crippen LogP contribution >= 0.6 is 23.2 Å². The fraction of sp³-hybridized carbons (Fsp3) is 0. The largest absolute Gasteiger partial charge is 0.463 e. The molecular weight excluding hydrogens is 351 g/mol. The molecule has 1 aromatic carbocycles. The maximum Gasteiger partial charge on any atom is 0.290 e. The number of nitrogens with zero attached hydrogens (tertiary/aromatic N) is 1. The predicted molar refractivity (Wildman–Crippen MR) is 92.4 cm³/mol. The number of aromatic amines is 1. The van der Waals surface area contributed by atoms with E-state index in [9.17, 15) is 4.79 Å². The number of aromatic nitrogens is 2. The molecule has 122 valence electrons. The number of H-pyrrole nitrogens is 1. The van der Waals surface area contributed by atoms with Crippen molar-refractivity contribution in [3.05, 3.63) is 70.5 Å². The molecule has 0 fully saturated rings. The highest BCUT2D eigenvalue weighted by Crippen LogP contribution is 2.24. The van der Waals surface area contributed by atoms with Crippen molar-refractivity contribution in [1.82, 2.24) is 21.0 Å². The SMILES string of the molecule is C=C(NNC(=O)c1cc(-c2ccco2)[nH]n1)c1ccc(Cl)c(Cl)c1. The molecule has 0 atom stereocenters. The van der Waals surface area contributed by atoms with Gasteiger partial charge in [0.05, 0.1) is 22.0 Å². The van der Waals surface area contributed by atoms with E-state index in [4.69, 9.17) is 27.6 Å². The molecule has 3 aromatic rings. The fourth-order valence-electron chi connectivity index (χ4n) is 1.95. The van der Waals surface area contributed by atoms with Crippen molar-refractivity contribution < 1.29 is 9.21 Å². The number of furan rings is 1. The molecule has 0 unspecified atom stereocenters. The molecule has 1 amide bonds. The van der Waals surface area contributed by atoms with Crippen LogP contribution in [0.3, 0.4) is 0 Å². The van der Waals surface area contributed by atoms with Gasteiger partial charge in [0.25, 0.3) is 5.91 Å². The van der Waals surface area contributed by atoms with Gasteiger partial charge in [-0.15, -0.1) is 0 Å². The highest BCUT2D eigenvalue weighted by Gasteiger charge is 2.13. The van der Waals surface area contributed by atoms with E-state index in [1.54, 1.807) is 42.7 Å². The van der Waals surface area contributed by atoms with Gasteiger partial charge < -0.3 is 4.42 Å². The summed E-state index contributed by atoms with van der Waals surface area (Å²) in [6.45, 7) is 3.84. The Morgan fingerprint density at radius 1 is 1.17 bits per heavy atom. The van der Waals surface area contributed by atoms with Crippen molar-refractivity contribution in [2.24, 2.45) is 0 Å². The first-order valence-electron chi connectivity index (χ1n) is 6.84. The summed E-state index contributed by atoms with van der Waals surface area (Å²) in [5, 5.41) is 7.52. The van der Waals surface area contributed by atoms with Crippen LogP contribution in [0.4, 0.5) is 0 Å². The number of nitrogens with one attached hydrogen (secondary N) is 3. The summed E-state index contributed by atoms with van der Waals surface area (Å²) in [4.78, 5) is 12.1. The standard InChI is InChI=1S/C16H12Cl2N4O2/c1-9(10-4-5-11(17)12(18)7-10)19-22-16(23)14-8-13(20-21-14)15-3-2-6-24-15/h2-8,19H,1H2,(H,20,21)(H,22,23). The molecule has 0 aliphatic rings. The van der Waals surface area contributed by atoms with E-state index in [1.807, 2.05) is 0 Å². The Hall–Kier alpha value is -2.70. The second-order valence-electron chi connectivity index (χ2n) is 4.83. The Bertz CT molecular complexity index is 887. The quantitative estimate of drug-likeness (QED) is 0.601. The second-order valence-corrected chi connectivity index (χ2v) is 5.65. The average Bonchev–Trinajstić information content (AvgIpc) is 3.25. The monoisotopic (exact) mass is 362 g/mol. The van der Waals surface area contributed by atoms with E-state index in [0.717, 1.165) is 0 Å². The third-order valence-corrected chi connectivity index (χ3v) is 3.93. The third kappa shape index (κ3) is 3.45. The van der Waals surface area contributed by atoms with Crippen LogP contribution in [0.25, 0.3) is 17.2 Å². The lowest BCUT2D eigenvalue weighted by Crippen LogP contribution is -2.36. The summed E-state index contributed by atoms with van der Waals surface area (Å²) in [5.74, 6) is 0.167. The number of amides is 1. The van der Waals surface area contributed by atoms with Crippen molar-refractivity contribution in [3.8, 4) is 11.5 Å². The Kier molecular flexibility index (Phi) is 4.59. The molecule has 6 nitrogen and oxygen atoms in total. The average molecular weight is 363 g/mol. The van der Waals surface area contributed by atoms with Crippen LogP contribution in [0, 0.1) is 0 Å². The van der Waals surface area contributed by atoms with Gasteiger partial charge in [-0.3, -0.25) is 20.7 Å². The smallest absolute Gasteiger partial charge is 0.290 e. The number of halogens is 2. The maximum atomic E-state index is 12.1. The first kappa shape index (κ1) is 16.2. The summed E-state index contributed by atoms with van der Waals surface area (Å²) in [5.41, 5.74) is 7.20. The second kappa shape index (κ2) is 6.82. The predicted octanol–water partition coefficient (Wildman–Crippen LogP) is 3.88. The Morgan fingerprint density at radius 3 is 2.71 bits per heavy atom. The minimum Gasteiger partial charge on any atom is -0.463 e. The summed E-state index contributed by atoms with van der Waals surface area (Å²) in [7, 11) is 0. The molecule has 8 heteroatoms. The van der Waals surface area contributed by atoms with Crippen LogP contribution in [-0.2, 0) is 0 Å². The number of hydrogen-bond donors (Lipinski definition) is 3. The first-order valence-corrected chi connectivity index (χ1v) is 7.60. The molecule has 0 saturated heterocycles. The van der Waals surface area contributed by atoms with Crippen LogP contribution < -0.4 is 10.9 Å². The number of hydrogen-bond acceptors (Lipinski definition) is 4. The molecule has 2 heterocycles. The summed E-state index contributed by atoms with van der Waals surface area (Å²) in [6, 6.07) is 10.1. The zero-order valence-electron chi connectivity index (χ0n) is 12.3. The molecule has 24 heavy (non-hydrogen) atoms. The third-order valence-electron chi connectivity index (χ3n) is 3.19. The minimum absolute atomic E-state index is 0.204. The molecule has 0 aliphatic heterocycles. The maximum absolute atomic E-state index is 12.1. The zero-order valence-corrected chi connectivity index (χ0v) is 13.8. The van der Waals surface area contributed by atoms with E-state index in [0.29, 0.717) is 32.8 Å². The van der Waals surface area contributed by atoms with Crippen molar-refractivity contribution in [3.63, 3.8) is 0 Å². The number of hydrazine groups is 1. The van der Waals surface area contributed by atoms with Gasteiger partial charge in [0.15, 0.2) is 11.5 Å². The van der Waals surface area contributed by atoms with Gasteiger partial charge in [0, 0.05) is 11.6 Å². The van der Waals surface area contributed by atoms with Gasteiger partial charge in [0.2, 0.25) is 0 Å². The lowest BCUT2D eigenvalue weighted by Gasteiger charge is -2.11. The van der Waals surface area contributed by atoms with Crippen molar-refractivity contribution >= 4 is 34.8 Å². The van der Waals surface area contributed by atoms with E-state index >= 15 is 0 Å². The Balaban J connectivity index is 1.63. The first-order chi connectivity index (χ1) is 11.5. The number of carbonyl (C=O) groups is 1. The summed E-state index contributed by atoms with van der Waals surface area (Å²) < 4.78 is 5.23. The summed E-state index contributed by atoms with van der Waals surface area (Å²) >= 11 is 11.8. The van der Waals surface area contributed by atoms with Gasteiger partial charge >= 0.3 is 0 Å². The van der Waals surface area contributed by atoms with Crippen LogP contribution in [0.15, 0.2) is 53.7 Å². The van der Waals surface area contributed by atoms with E-state index in [2.05, 4.69) is 27.6 Å². The van der Waals surface area contributed by atoms with E-state index in [-0.39, 0.29) is 5.69 Å². The van der Waals surface area contributed by atoms with Crippen molar-refractivity contribution in [2.75, 3.05) is 0 Å². The molecule has 0 bridgehead atoms. The molecule has 0 radical (unpaired) electrons. The molecule has 3 N–H and O–H groups in total. The zero-order chi connectivity index (χ0) is 17.1. The van der Waals surface area contributed by atoms with Gasteiger partial charge in [-0.2, -0.15) is 5.10 Å². The van der Waals surface area contributed by atoms with Gasteiger partial charge in [-0.05, 0) is 24.3 Å². The van der Waals surface area contributed by atoms with Crippen LogP contribution in [0.1, 0.15) is 16.1 Å². The normalized spacial score (nSPS) is 10.4. The Labute approximate surface area is 147 Å². The molecule has 0 spiro atoms. The highest BCUT2D eigenvalue weighted by molar-refractivity contribution is 6.42. The molecule has 0 saturated carbocycles. The van der Waals surface area contributed by atoms with Crippen LogP contribution in [-0.4, -0.2) is 16.1 Å². The Morgan fingerprint density at radius 2 is 2.00 bits per heavy atom. The van der Waals surface area contributed by atoms with E-state index < -0.39 is 5.91 Å². The van der Waals surface area contributed by atoms with Gasteiger partial charge in [-0.1, -0.05) is 35.8 Å². The van der Waals surface area contributed by atoms with Crippen LogP contribution in [0.2, 0.25) is 10.0 Å². The van der Waals surface area contributed by atoms with Crippen molar-refractivity contribution in [2.45, 2.75) is 0 Å². The van der Waals surface area contributed by atoms with Gasteiger partial charge in [-0.25, -0.2) is 0 Å². The lowest BCUT2D eigenvalue weighted by atomic mass is 10.2. The fourth-order valence-corrected chi connectivity index (χ4v) is 2.25. The molecule has 0 aliphatic carbocycles. The molecule has 2 aromatic heterocycles. The highest BCUT2D eigenvalue weighted by atomic mass is 35.5. The minimum atomic E-state index is -0.426. The molecular formula is C16H12Cl2N4O2. The topological polar surface area (TPSA) is 83.0 Å². The number of benzene rings is 1. The molecule has 3 rings (SSSR count). The van der Waals surface area contributed by atoms with Gasteiger partial charge in [0.1, 0.15) is 5.69 Å². The van der Waals surface area contributed by atoms with E-state index in [1.165, 1.54) is 0 Å². The summed E-state index contributed by atoms with van der Waals surface area (Å²) in [6.07, 6.45) is 1.54. The van der Waals surface area contributed by atoms with Crippen molar-refractivity contribution in [1.29, 1.82) is 0 Å². The number of carbonyl (C=O) groups excluding carboxylic acids is 1. The lowest BCUT2D eigenvalue weighted by molar-refractivity contribution is 0.0937. The number of rotatable bonds is 5. The van der Waals surface area contributed by atoms with Crippen LogP contribution in [0.5, 0.6) is 0 Å².